The molecular formula is C15H23N3O3. The van der Waals surface area contributed by atoms with Crippen LogP contribution in [0.3, 0.4) is 0 Å². The van der Waals surface area contributed by atoms with Crippen LogP contribution in [0.5, 0.6) is 0 Å². The Kier molecular flexibility index (Phi) is 4.28. The minimum atomic E-state index is 0.156. The summed E-state index contributed by atoms with van der Waals surface area (Å²) in [6.45, 7) is 4.76. The van der Waals surface area contributed by atoms with E-state index in [1.54, 1.807) is 31.5 Å². The van der Waals surface area contributed by atoms with Crippen LogP contribution in [-0.4, -0.2) is 79.6 Å². The summed E-state index contributed by atoms with van der Waals surface area (Å²) >= 11 is 0. The highest BCUT2D eigenvalue weighted by Crippen LogP contribution is 2.24. The molecule has 0 spiro atoms. The molecule has 0 aliphatic carbocycles. The molecule has 0 aromatic carbocycles. The molecule has 2 atom stereocenters. The number of hydrogen-bond acceptors (Lipinski definition) is 5. The number of carbonyl (C=O) groups is 1. The minimum Gasteiger partial charge on any atom is -0.472 e. The number of nitrogens with zero attached hydrogens (tertiary/aromatic N) is 3. The van der Waals surface area contributed by atoms with E-state index in [1.807, 2.05) is 6.07 Å². The summed E-state index contributed by atoms with van der Waals surface area (Å²) in [4.78, 5) is 18.3. The Morgan fingerprint density at radius 2 is 2.29 bits per heavy atom. The van der Waals surface area contributed by atoms with E-state index >= 15 is 0 Å². The average molecular weight is 293 g/mol. The number of carbonyl (C=O) groups excluding carboxylic acids is 1. The molecule has 0 radical (unpaired) electrons. The third-order valence-electron chi connectivity index (χ3n) is 4.32. The van der Waals surface area contributed by atoms with Crippen molar-refractivity contribution in [3.05, 3.63) is 24.2 Å². The van der Waals surface area contributed by atoms with E-state index in [2.05, 4.69) is 9.80 Å². The molecule has 3 rings (SSSR count). The smallest absolute Gasteiger partial charge is 0.236 e. The van der Waals surface area contributed by atoms with Gasteiger partial charge in [-0.1, -0.05) is 0 Å². The van der Waals surface area contributed by atoms with E-state index in [1.165, 1.54) is 5.56 Å². The van der Waals surface area contributed by atoms with Gasteiger partial charge in [-0.2, -0.15) is 0 Å². The second-order valence-corrected chi connectivity index (χ2v) is 6.06. The zero-order valence-corrected chi connectivity index (χ0v) is 12.7. The Morgan fingerprint density at radius 1 is 1.43 bits per heavy atom. The van der Waals surface area contributed by atoms with Crippen LogP contribution in [0.15, 0.2) is 23.0 Å². The van der Waals surface area contributed by atoms with Crippen molar-refractivity contribution in [2.45, 2.75) is 18.7 Å². The maximum Gasteiger partial charge on any atom is 0.236 e. The molecule has 116 valence electrons. The Balaban J connectivity index is 1.61. The lowest BCUT2D eigenvalue weighted by molar-refractivity contribution is -0.133. The molecule has 3 heterocycles. The zero-order chi connectivity index (χ0) is 14.8. The summed E-state index contributed by atoms with van der Waals surface area (Å²) < 4.78 is 11.0. The van der Waals surface area contributed by atoms with Crippen LogP contribution in [-0.2, 0) is 16.1 Å². The van der Waals surface area contributed by atoms with Crippen LogP contribution < -0.4 is 0 Å². The molecule has 6 heteroatoms. The maximum atomic E-state index is 12.0. The molecule has 21 heavy (non-hydrogen) atoms. The van der Waals surface area contributed by atoms with Crippen molar-refractivity contribution in [2.75, 3.05) is 46.9 Å². The van der Waals surface area contributed by atoms with Crippen LogP contribution in [0.2, 0.25) is 0 Å². The highest BCUT2D eigenvalue weighted by Gasteiger charge is 2.40. The van der Waals surface area contributed by atoms with Gasteiger partial charge in [-0.3, -0.25) is 14.6 Å². The summed E-state index contributed by atoms with van der Waals surface area (Å²) in [5.41, 5.74) is 1.18. The lowest BCUT2D eigenvalue weighted by Gasteiger charge is -2.36. The van der Waals surface area contributed by atoms with Crippen molar-refractivity contribution in [1.29, 1.82) is 0 Å². The number of likely N-dealkylation sites (N-methyl/N-ethyl adjacent to an activating group) is 1. The first-order valence-electron chi connectivity index (χ1n) is 7.42. The Labute approximate surface area is 125 Å². The summed E-state index contributed by atoms with van der Waals surface area (Å²) in [5, 5.41) is 0. The van der Waals surface area contributed by atoms with Crippen molar-refractivity contribution in [3.63, 3.8) is 0 Å². The molecule has 2 aliphatic heterocycles. The quantitative estimate of drug-likeness (QED) is 0.796. The Bertz CT molecular complexity index is 475. The predicted molar refractivity (Wildman–Crippen MR) is 77.8 cm³/mol. The van der Waals surface area contributed by atoms with Crippen LogP contribution in [0, 0.1) is 0 Å². The summed E-state index contributed by atoms with van der Waals surface area (Å²) in [6, 6.07) is 2.31. The lowest BCUT2D eigenvalue weighted by atomic mass is 10.1. The number of fused-ring (bicyclic) bond motifs is 1. The summed E-state index contributed by atoms with van der Waals surface area (Å²) in [5.74, 6) is 0.156. The molecular weight excluding hydrogens is 270 g/mol. The zero-order valence-electron chi connectivity index (χ0n) is 12.7. The van der Waals surface area contributed by atoms with Gasteiger partial charge in [0.2, 0.25) is 5.91 Å². The van der Waals surface area contributed by atoms with Gasteiger partial charge in [-0.25, -0.2) is 0 Å². The number of morpholine rings is 1. The van der Waals surface area contributed by atoms with E-state index in [9.17, 15) is 4.79 Å². The van der Waals surface area contributed by atoms with Crippen LogP contribution in [0.25, 0.3) is 0 Å². The molecule has 6 nitrogen and oxygen atoms in total. The van der Waals surface area contributed by atoms with Gasteiger partial charge in [0, 0.05) is 45.8 Å². The summed E-state index contributed by atoms with van der Waals surface area (Å²) in [7, 11) is 3.61. The number of amides is 1. The monoisotopic (exact) mass is 293 g/mol. The van der Waals surface area contributed by atoms with Gasteiger partial charge in [0.25, 0.3) is 0 Å². The molecule has 0 N–H and O–H groups in total. The molecule has 2 fully saturated rings. The first kappa shape index (κ1) is 14.6. The third-order valence-corrected chi connectivity index (χ3v) is 4.32. The molecule has 0 saturated carbocycles. The average Bonchev–Trinajstić information content (AvgIpc) is 3.08. The van der Waals surface area contributed by atoms with Gasteiger partial charge in [0.05, 0.1) is 37.8 Å². The van der Waals surface area contributed by atoms with Gasteiger partial charge in [0.1, 0.15) is 0 Å². The van der Waals surface area contributed by atoms with E-state index in [4.69, 9.17) is 9.15 Å². The SMILES string of the molecule is CN(C)C(=O)CN1CCO[C@H]2CN(Cc3ccoc3)C[C@H]21. The minimum absolute atomic E-state index is 0.156. The third kappa shape index (κ3) is 3.28. The van der Waals surface area contributed by atoms with Crippen molar-refractivity contribution in [1.82, 2.24) is 14.7 Å². The number of likely N-dealkylation sites (tertiary alicyclic amines) is 1. The molecule has 0 bridgehead atoms. The fraction of sp³-hybridized carbons (Fsp3) is 0.667. The second-order valence-electron chi connectivity index (χ2n) is 6.06. The highest BCUT2D eigenvalue weighted by molar-refractivity contribution is 5.77. The number of rotatable bonds is 4. The molecule has 2 aliphatic rings. The predicted octanol–water partition coefficient (Wildman–Crippen LogP) is 0.253. The van der Waals surface area contributed by atoms with E-state index in [0.717, 1.165) is 26.2 Å². The van der Waals surface area contributed by atoms with Gasteiger partial charge < -0.3 is 14.1 Å². The summed E-state index contributed by atoms with van der Waals surface area (Å²) in [6.07, 6.45) is 3.70. The molecule has 1 aromatic heterocycles. The van der Waals surface area contributed by atoms with E-state index in [0.29, 0.717) is 19.2 Å². The second kappa shape index (κ2) is 6.17. The largest absolute Gasteiger partial charge is 0.472 e. The highest BCUT2D eigenvalue weighted by atomic mass is 16.5. The van der Waals surface area contributed by atoms with Gasteiger partial charge in [-0.05, 0) is 6.07 Å². The van der Waals surface area contributed by atoms with Gasteiger partial charge in [0.15, 0.2) is 0 Å². The molecule has 1 amide bonds. The number of hydrogen-bond donors (Lipinski definition) is 0. The van der Waals surface area contributed by atoms with Crippen molar-refractivity contribution < 1.29 is 13.9 Å². The van der Waals surface area contributed by atoms with Crippen LogP contribution in [0.4, 0.5) is 0 Å². The van der Waals surface area contributed by atoms with Crippen LogP contribution >= 0.6 is 0 Å². The standard InChI is InChI=1S/C15H23N3O3/c1-16(2)15(19)10-18-4-6-21-14-9-17(8-13(14)18)7-12-3-5-20-11-12/h3,5,11,13-14H,4,6-10H2,1-2H3/t13-,14+/m1/s1. The van der Waals surface area contributed by atoms with Gasteiger partial charge >= 0.3 is 0 Å². The first-order chi connectivity index (χ1) is 10.1. The maximum absolute atomic E-state index is 12.0. The van der Waals surface area contributed by atoms with Crippen LogP contribution in [0.1, 0.15) is 5.56 Å². The fourth-order valence-electron chi connectivity index (χ4n) is 3.12. The number of ether oxygens (including phenoxy) is 1. The molecule has 2 saturated heterocycles. The normalized spacial score (nSPS) is 26.8. The topological polar surface area (TPSA) is 49.2 Å². The van der Waals surface area contributed by atoms with Crippen molar-refractivity contribution >= 4 is 5.91 Å². The lowest BCUT2D eigenvalue weighted by Crippen LogP contribution is -2.53. The van der Waals surface area contributed by atoms with Crippen molar-refractivity contribution in [2.24, 2.45) is 0 Å². The first-order valence-corrected chi connectivity index (χ1v) is 7.42. The fourth-order valence-corrected chi connectivity index (χ4v) is 3.12. The molecule has 1 aromatic rings. The number of furan rings is 1. The Hall–Kier alpha value is -1.37. The van der Waals surface area contributed by atoms with Gasteiger partial charge in [-0.15, -0.1) is 0 Å². The Morgan fingerprint density at radius 3 is 3.00 bits per heavy atom. The van der Waals surface area contributed by atoms with E-state index in [-0.39, 0.29) is 12.0 Å². The van der Waals surface area contributed by atoms with E-state index < -0.39 is 0 Å². The van der Waals surface area contributed by atoms with Crippen molar-refractivity contribution in [3.8, 4) is 0 Å². The molecule has 0 unspecified atom stereocenters.